The summed E-state index contributed by atoms with van der Waals surface area (Å²) in [6.45, 7) is 0.867. The molecule has 3 rings (SSSR count). The van der Waals surface area contributed by atoms with Gasteiger partial charge in [-0.15, -0.1) is 0 Å². The quantitative estimate of drug-likeness (QED) is 0.784. The third-order valence-corrected chi connectivity index (χ3v) is 3.93. The fraction of sp³-hybridized carbons (Fsp3) is 0.571. The molecule has 1 saturated carbocycles. The van der Waals surface area contributed by atoms with Gasteiger partial charge in [0.2, 0.25) is 0 Å². The summed E-state index contributed by atoms with van der Waals surface area (Å²) in [4.78, 5) is 0. The molecule has 0 bridgehead atoms. The lowest BCUT2D eigenvalue weighted by Gasteiger charge is -2.24. The van der Waals surface area contributed by atoms with Crippen molar-refractivity contribution in [2.75, 3.05) is 6.61 Å². The topological polar surface area (TPSA) is 35.2 Å². The van der Waals surface area contributed by atoms with E-state index >= 15 is 0 Å². The van der Waals surface area contributed by atoms with Gasteiger partial charge in [-0.1, -0.05) is 24.6 Å². The molecule has 1 aliphatic carbocycles. The molecule has 2 unspecified atom stereocenters. The highest BCUT2D eigenvalue weighted by atomic mass is 16.5. The van der Waals surface area contributed by atoms with Crippen LogP contribution in [0.3, 0.4) is 0 Å². The van der Waals surface area contributed by atoms with Crippen molar-refractivity contribution in [3.63, 3.8) is 0 Å². The maximum Gasteiger partial charge on any atom is 0.126 e. The number of hydrogen-bond acceptors (Lipinski definition) is 2. The second kappa shape index (κ2) is 4.10. The van der Waals surface area contributed by atoms with Crippen molar-refractivity contribution < 1.29 is 4.74 Å². The van der Waals surface area contributed by atoms with E-state index in [1.807, 2.05) is 0 Å². The first-order valence-electron chi connectivity index (χ1n) is 6.36. The van der Waals surface area contributed by atoms with Crippen molar-refractivity contribution in [1.82, 2.24) is 0 Å². The van der Waals surface area contributed by atoms with Gasteiger partial charge in [-0.25, -0.2) is 0 Å². The minimum absolute atomic E-state index is 0.331. The molecule has 1 heterocycles. The fourth-order valence-electron chi connectivity index (χ4n) is 3.08. The second-order valence-corrected chi connectivity index (χ2v) is 4.99. The van der Waals surface area contributed by atoms with E-state index in [4.69, 9.17) is 10.5 Å². The van der Waals surface area contributed by atoms with Crippen LogP contribution in [0.2, 0.25) is 0 Å². The molecule has 2 aliphatic rings. The largest absolute Gasteiger partial charge is 0.493 e. The number of ether oxygens (including phenoxy) is 1. The van der Waals surface area contributed by atoms with E-state index in [1.165, 1.54) is 24.0 Å². The van der Waals surface area contributed by atoms with Gasteiger partial charge in [0.05, 0.1) is 6.61 Å². The number of hydrogen-bond donors (Lipinski definition) is 1. The van der Waals surface area contributed by atoms with Gasteiger partial charge in [-0.2, -0.15) is 0 Å². The Kier molecular flexibility index (Phi) is 2.60. The minimum atomic E-state index is 0.331. The molecule has 0 aromatic heterocycles. The highest BCUT2D eigenvalue weighted by Gasteiger charge is 2.29. The summed E-state index contributed by atoms with van der Waals surface area (Å²) in [5.74, 6) is 1.67. The standard InChI is InChI=1S/C14H19NO/c15-13-8-2-6-11(13)12-7-1-4-10-5-3-9-16-14(10)12/h1,4,7,11,13H,2-3,5-6,8-9,15H2. The molecular weight excluding hydrogens is 198 g/mol. The van der Waals surface area contributed by atoms with E-state index in [0.717, 1.165) is 31.6 Å². The molecule has 0 saturated heterocycles. The van der Waals surface area contributed by atoms with Crippen LogP contribution >= 0.6 is 0 Å². The fourth-order valence-corrected chi connectivity index (χ4v) is 3.08. The number of para-hydroxylation sites is 1. The van der Waals surface area contributed by atoms with Gasteiger partial charge < -0.3 is 10.5 Å². The lowest BCUT2D eigenvalue weighted by atomic mass is 9.90. The summed E-state index contributed by atoms with van der Waals surface area (Å²) in [5, 5.41) is 0. The van der Waals surface area contributed by atoms with E-state index < -0.39 is 0 Å². The zero-order valence-corrected chi connectivity index (χ0v) is 9.61. The number of rotatable bonds is 1. The molecule has 0 radical (unpaired) electrons. The van der Waals surface area contributed by atoms with Crippen LogP contribution in [0.4, 0.5) is 0 Å². The molecule has 2 heteroatoms. The van der Waals surface area contributed by atoms with Gasteiger partial charge in [0, 0.05) is 12.0 Å². The molecule has 2 N–H and O–H groups in total. The van der Waals surface area contributed by atoms with Crippen molar-refractivity contribution in [3.05, 3.63) is 29.3 Å². The van der Waals surface area contributed by atoms with Crippen LogP contribution in [0.1, 0.15) is 42.7 Å². The van der Waals surface area contributed by atoms with Crippen molar-refractivity contribution in [3.8, 4) is 5.75 Å². The number of benzene rings is 1. The average Bonchev–Trinajstić information content (AvgIpc) is 2.75. The first-order valence-corrected chi connectivity index (χ1v) is 6.36. The van der Waals surface area contributed by atoms with E-state index in [-0.39, 0.29) is 0 Å². The second-order valence-electron chi connectivity index (χ2n) is 4.99. The maximum absolute atomic E-state index is 6.19. The number of nitrogens with two attached hydrogens (primary N) is 1. The van der Waals surface area contributed by atoms with Gasteiger partial charge in [-0.3, -0.25) is 0 Å². The normalized spacial score (nSPS) is 28.6. The maximum atomic E-state index is 6.19. The van der Waals surface area contributed by atoms with Crippen LogP contribution in [-0.2, 0) is 6.42 Å². The Balaban J connectivity index is 2.00. The summed E-state index contributed by atoms with van der Waals surface area (Å²) in [6, 6.07) is 6.89. The zero-order chi connectivity index (χ0) is 11.0. The molecule has 1 aromatic carbocycles. The predicted molar refractivity (Wildman–Crippen MR) is 64.8 cm³/mol. The lowest BCUT2D eigenvalue weighted by Crippen LogP contribution is -2.24. The van der Waals surface area contributed by atoms with Crippen molar-refractivity contribution in [1.29, 1.82) is 0 Å². The summed E-state index contributed by atoms with van der Waals surface area (Å²) in [7, 11) is 0. The Morgan fingerprint density at radius 1 is 1.19 bits per heavy atom. The van der Waals surface area contributed by atoms with Gasteiger partial charge >= 0.3 is 0 Å². The van der Waals surface area contributed by atoms with Gasteiger partial charge in [-0.05, 0) is 36.8 Å². The van der Waals surface area contributed by atoms with E-state index in [0.29, 0.717) is 12.0 Å². The van der Waals surface area contributed by atoms with E-state index in [1.54, 1.807) is 0 Å². The molecule has 16 heavy (non-hydrogen) atoms. The van der Waals surface area contributed by atoms with Crippen molar-refractivity contribution in [2.24, 2.45) is 5.73 Å². The van der Waals surface area contributed by atoms with Gasteiger partial charge in [0.1, 0.15) is 5.75 Å². The van der Waals surface area contributed by atoms with Crippen molar-refractivity contribution >= 4 is 0 Å². The van der Waals surface area contributed by atoms with Gasteiger partial charge in [0.15, 0.2) is 0 Å². The van der Waals surface area contributed by atoms with Crippen LogP contribution in [0, 0.1) is 0 Å². The highest BCUT2D eigenvalue weighted by Crippen LogP contribution is 2.40. The van der Waals surface area contributed by atoms with E-state index in [9.17, 15) is 0 Å². The lowest BCUT2D eigenvalue weighted by molar-refractivity contribution is 0.282. The third kappa shape index (κ3) is 1.61. The summed E-state index contributed by atoms with van der Waals surface area (Å²) in [6.07, 6.45) is 5.95. The molecule has 1 aliphatic heterocycles. The Hall–Kier alpha value is -1.02. The SMILES string of the molecule is NC1CCCC1c1cccc2c1OCCC2. The molecule has 1 fully saturated rings. The molecule has 1 aromatic rings. The van der Waals surface area contributed by atoms with Crippen LogP contribution in [0.15, 0.2) is 18.2 Å². The Morgan fingerprint density at radius 2 is 2.12 bits per heavy atom. The molecule has 0 spiro atoms. The predicted octanol–water partition coefficient (Wildman–Crippen LogP) is 2.61. The molecule has 2 atom stereocenters. The Labute approximate surface area is 96.8 Å². The Morgan fingerprint density at radius 3 is 2.94 bits per heavy atom. The summed E-state index contributed by atoms with van der Waals surface area (Å²) >= 11 is 0. The molecule has 86 valence electrons. The van der Waals surface area contributed by atoms with Crippen molar-refractivity contribution in [2.45, 2.75) is 44.1 Å². The number of aryl methyl sites for hydroxylation is 1. The Bertz CT molecular complexity index is 388. The van der Waals surface area contributed by atoms with Crippen LogP contribution < -0.4 is 10.5 Å². The molecular formula is C14H19NO. The smallest absolute Gasteiger partial charge is 0.126 e. The first-order chi connectivity index (χ1) is 7.86. The number of fused-ring (bicyclic) bond motifs is 1. The zero-order valence-electron chi connectivity index (χ0n) is 9.61. The van der Waals surface area contributed by atoms with Crippen LogP contribution in [0.25, 0.3) is 0 Å². The van der Waals surface area contributed by atoms with Crippen LogP contribution in [0.5, 0.6) is 5.75 Å². The minimum Gasteiger partial charge on any atom is -0.493 e. The third-order valence-electron chi connectivity index (χ3n) is 3.93. The molecule has 2 nitrogen and oxygen atoms in total. The average molecular weight is 217 g/mol. The van der Waals surface area contributed by atoms with Crippen LogP contribution in [-0.4, -0.2) is 12.6 Å². The molecule has 0 amide bonds. The van der Waals surface area contributed by atoms with E-state index in [2.05, 4.69) is 18.2 Å². The first kappa shape index (κ1) is 10.2. The summed E-state index contributed by atoms with van der Waals surface area (Å²) < 4.78 is 5.86. The monoisotopic (exact) mass is 217 g/mol. The van der Waals surface area contributed by atoms with Gasteiger partial charge in [0.25, 0.3) is 0 Å². The highest BCUT2D eigenvalue weighted by molar-refractivity contribution is 5.45. The summed E-state index contributed by atoms with van der Waals surface area (Å²) in [5.41, 5.74) is 8.93.